The number of rotatable bonds is 4. The van der Waals surface area contributed by atoms with Crippen LogP contribution < -0.4 is 5.56 Å². The van der Waals surface area contributed by atoms with Crippen molar-refractivity contribution in [2.45, 2.75) is 17.1 Å². The van der Waals surface area contributed by atoms with Crippen LogP contribution in [0.15, 0.2) is 88.6 Å². The molecule has 1 unspecified atom stereocenters. The van der Waals surface area contributed by atoms with Crippen molar-refractivity contribution in [2.24, 2.45) is 0 Å². The van der Waals surface area contributed by atoms with Gasteiger partial charge in [-0.25, -0.2) is 9.37 Å². The van der Waals surface area contributed by atoms with E-state index in [2.05, 4.69) is 10.1 Å². The zero-order chi connectivity index (χ0) is 21.4. The highest BCUT2D eigenvalue weighted by molar-refractivity contribution is 7.99. The first-order chi connectivity index (χ1) is 15.1. The third-order valence-electron chi connectivity index (χ3n) is 4.94. The standard InChI is InChI=1S/C24H17FN4OS/c1-15(31-18-13-11-17(25)12-14-18)22-26-20-10-6-5-9-19(20)23-27-24(30)21(28-29(22)23)16-7-3-2-4-8-16/h2-15H,1H3. The van der Waals surface area contributed by atoms with Gasteiger partial charge >= 0.3 is 0 Å². The molecule has 0 fully saturated rings. The number of fused-ring (bicyclic) bond motifs is 3. The fourth-order valence-electron chi connectivity index (χ4n) is 3.46. The van der Waals surface area contributed by atoms with Gasteiger partial charge in [-0.1, -0.05) is 42.5 Å². The predicted octanol–water partition coefficient (Wildman–Crippen LogP) is 5.30. The van der Waals surface area contributed by atoms with Gasteiger partial charge in [-0.2, -0.15) is 14.6 Å². The summed E-state index contributed by atoms with van der Waals surface area (Å²) < 4.78 is 15.0. The first-order valence-electron chi connectivity index (χ1n) is 9.77. The monoisotopic (exact) mass is 428 g/mol. The number of hydrogen-bond acceptors (Lipinski definition) is 5. The summed E-state index contributed by atoms with van der Waals surface area (Å²) in [6.45, 7) is 2.01. The second kappa shape index (κ2) is 7.92. The minimum atomic E-state index is -0.382. The van der Waals surface area contributed by atoms with Gasteiger partial charge < -0.3 is 0 Å². The van der Waals surface area contributed by atoms with Crippen molar-refractivity contribution >= 4 is 28.3 Å². The van der Waals surface area contributed by atoms with Crippen molar-refractivity contribution < 1.29 is 4.39 Å². The van der Waals surface area contributed by atoms with Crippen molar-refractivity contribution in [3.63, 3.8) is 0 Å². The summed E-state index contributed by atoms with van der Waals surface area (Å²) in [6, 6.07) is 23.2. The molecule has 7 heteroatoms. The van der Waals surface area contributed by atoms with Gasteiger partial charge in [0.15, 0.2) is 11.3 Å². The van der Waals surface area contributed by atoms with E-state index in [1.54, 1.807) is 16.6 Å². The van der Waals surface area contributed by atoms with Gasteiger partial charge in [0.05, 0.1) is 10.8 Å². The van der Waals surface area contributed by atoms with Crippen LogP contribution in [-0.4, -0.2) is 19.6 Å². The predicted molar refractivity (Wildman–Crippen MR) is 121 cm³/mol. The Morgan fingerprint density at radius 2 is 1.61 bits per heavy atom. The van der Waals surface area contributed by atoms with Gasteiger partial charge in [-0.05, 0) is 43.3 Å². The summed E-state index contributed by atoms with van der Waals surface area (Å²) in [4.78, 5) is 23.0. The first kappa shape index (κ1) is 19.4. The fraction of sp³-hybridized carbons (Fsp3) is 0.0833. The van der Waals surface area contributed by atoms with Crippen molar-refractivity contribution in [3.05, 3.63) is 101 Å². The van der Waals surface area contributed by atoms with E-state index < -0.39 is 0 Å². The summed E-state index contributed by atoms with van der Waals surface area (Å²) in [5.41, 5.74) is 1.80. The molecule has 0 aliphatic rings. The Balaban J connectivity index is 1.73. The quantitative estimate of drug-likeness (QED) is 0.287. The van der Waals surface area contributed by atoms with Crippen molar-refractivity contribution in [3.8, 4) is 11.3 Å². The molecule has 5 rings (SSSR count). The summed E-state index contributed by atoms with van der Waals surface area (Å²) in [5, 5.41) is 5.31. The molecule has 5 nitrogen and oxygen atoms in total. The molecule has 0 aliphatic carbocycles. The molecule has 0 N–H and O–H groups in total. The summed E-state index contributed by atoms with van der Waals surface area (Å²) >= 11 is 1.54. The molecule has 0 saturated carbocycles. The maximum absolute atomic E-state index is 13.3. The van der Waals surface area contributed by atoms with Crippen LogP contribution in [-0.2, 0) is 0 Å². The molecule has 5 aromatic rings. The molecular formula is C24H17FN4OS. The molecule has 1 atom stereocenters. The molecule has 0 bridgehead atoms. The van der Waals surface area contributed by atoms with Gasteiger partial charge in [0.1, 0.15) is 11.6 Å². The van der Waals surface area contributed by atoms with Crippen LogP contribution in [0.4, 0.5) is 4.39 Å². The van der Waals surface area contributed by atoms with Gasteiger partial charge in [0, 0.05) is 15.8 Å². The van der Waals surface area contributed by atoms with Crippen LogP contribution in [0.2, 0.25) is 0 Å². The van der Waals surface area contributed by atoms with Crippen LogP contribution in [0.1, 0.15) is 18.0 Å². The van der Waals surface area contributed by atoms with Crippen molar-refractivity contribution in [2.75, 3.05) is 0 Å². The van der Waals surface area contributed by atoms with E-state index in [0.29, 0.717) is 17.0 Å². The minimum absolute atomic E-state index is 0.127. The van der Waals surface area contributed by atoms with E-state index >= 15 is 0 Å². The lowest BCUT2D eigenvalue weighted by Crippen LogP contribution is -2.19. The molecule has 152 valence electrons. The largest absolute Gasteiger partial charge is 0.300 e. The van der Waals surface area contributed by atoms with Gasteiger partial charge in [-0.15, -0.1) is 11.8 Å². The first-order valence-corrected chi connectivity index (χ1v) is 10.7. The van der Waals surface area contributed by atoms with E-state index in [0.717, 1.165) is 15.8 Å². The zero-order valence-corrected chi connectivity index (χ0v) is 17.4. The van der Waals surface area contributed by atoms with E-state index in [4.69, 9.17) is 4.98 Å². The number of para-hydroxylation sites is 1. The lowest BCUT2D eigenvalue weighted by molar-refractivity contribution is 0.626. The molecule has 31 heavy (non-hydrogen) atoms. The molecule has 3 aromatic carbocycles. The van der Waals surface area contributed by atoms with Crippen LogP contribution in [0.3, 0.4) is 0 Å². The highest BCUT2D eigenvalue weighted by Crippen LogP contribution is 2.35. The van der Waals surface area contributed by atoms with Gasteiger partial charge in [0.25, 0.3) is 5.56 Å². The Kier molecular flexibility index (Phi) is 4.95. The third-order valence-corrected chi connectivity index (χ3v) is 6.05. The Bertz CT molecular complexity index is 1450. The highest BCUT2D eigenvalue weighted by Gasteiger charge is 2.19. The molecule has 2 aromatic heterocycles. The summed E-state index contributed by atoms with van der Waals surface area (Å²) in [6.07, 6.45) is 0. The second-order valence-electron chi connectivity index (χ2n) is 7.07. The number of thioether (sulfide) groups is 1. The van der Waals surface area contributed by atoms with E-state index in [-0.39, 0.29) is 22.3 Å². The Morgan fingerprint density at radius 3 is 2.39 bits per heavy atom. The maximum Gasteiger partial charge on any atom is 0.300 e. The third kappa shape index (κ3) is 3.68. The number of halogens is 1. The minimum Gasteiger partial charge on any atom is -0.265 e. The SMILES string of the molecule is CC(Sc1ccc(F)cc1)c1nc2ccccc2c2nc(=O)c(-c3ccccc3)nn12. The number of hydrogen-bond donors (Lipinski definition) is 0. The number of nitrogens with zero attached hydrogens (tertiary/aromatic N) is 4. The highest BCUT2D eigenvalue weighted by atomic mass is 32.2. The van der Waals surface area contributed by atoms with Crippen LogP contribution in [0.5, 0.6) is 0 Å². The van der Waals surface area contributed by atoms with E-state index in [9.17, 15) is 9.18 Å². The van der Waals surface area contributed by atoms with Crippen LogP contribution in [0, 0.1) is 5.82 Å². The van der Waals surface area contributed by atoms with Crippen LogP contribution >= 0.6 is 11.8 Å². The lowest BCUT2D eigenvalue weighted by Gasteiger charge is -2.16. The average Bonchev–Trinajstić information content (AvgIpc) is 2.80. The van der Waals surface area contributed by atoms with Crippen molar-refractivity contribution in [1.29, 1.82) is 0 Å². The second-order valence-corrected chi connectivity index (χ2v) is 8.48. The lowest BCUT2D eigenvalue weighted by atomic mass is 10.1. The molecular weight excluding hydrogens is 411 g/mol. The van der Waals surface area contributed by atoms with Crippen molar-refractivity contribution in [1.82, 2.24) is 19.6 Å². The summed E-state index contributed by atoms with van der Waals surface area (Å²) in [7, 11) is 0. The smallest absolute Gasteiger partial charge is 0.265 e. The topological polar surface area (TPSA) is 60.2 Å². The van der Waals surface area contributed by atoms with Gasteiger partial charge in [0.2, 0.25) is 0 Å². The molecule has 0 saturated heterocycles. The summed E-state index contributed by atoms with van der Waals surface area (Å²) in [5.74, 6) is 0.384. The Morgan fingerprint density at radius 1 is 0.903 bits per heavy atom. The zero-order valence-electron chi connectivity index (χ0n) is 16.6. The Hall–Kier alpha value is -3.58. The van der Waals surface area contributed by atoms with E-state index in [1.807, 2.05) is 61.5 Å². The average molecular weight is 428 g/mol. The molecule has 0 radical (unpaired) electrons. The molecule has 0 amide bonds. The molecule has 0 aliphatic heterocycles. The number of benzene rings is 3. The van der Waals surface area contributed by atoms with Crippen LogP contribution in [0.25, 0.3) is 27.8 Å². The Labute approximate surface area is 181 Å². The molecule has 2 heterocycles. The maximum atomic E-state index is 13.3. The number of aromatic nitrogens is 4. The van der Waals surface area contributed by atoms with E-state index in [1.165, 1.54) is 23.9 Å². The van der Waals surface area contributed by atoms with Gasteiger partial charge in [-0.3, -0.25) is 4.79 Å². The molecule has 0 spiro atoms. The fourth-order valence-corrected chi connectivity index (χ4v) is 4.42. The normalized spacial score (nSPS) is 12.3.